The molecule has 0 aliphatic rings. The molecule has 1 heterocycles. The van der Waals surface area contributed by atoms with E-state index in [0.29, 0.717) is 5.69 Å². The standard InChI is InChI=1S/C15H12ClN3O3/c1-15(22,11-3-2-6-18-13(11)20)14(21)19-10-5-4-9(8-17)12(16)7-10/h2-7,22H,1H3,(H,18,20)(H,19,21). The van der Waals surface area contributed by atoms with Gasteiger partial charge in [0.1, 0.15) is 6.07 Å². The second kappa shape index (κ2) is 6.02. The monoisotopic (exact) mass is 317 g/mol. The SMILES string of the molecule is CC(O)(C(=O)Nc1ccc(C#N)c(Cl)c1)c1ccc[nH]c1=O. The van der Waals surface area contributed by atoms with Crippen LogP contribution in [0.15, 0.2) is 41.3 Å². The number of pyridine rings is 1. The van der Waals surface area contributed by atoms with E-state index < -0.39 is 17.1 Å². The number of nitrogens with zero attached hydrogens (tertiary/aromatic N) is 1. The fourth-order valence-corrected chi connectivity index (χ4v) is 2.09. The van der Waals surface area contributed by atoms with Crippen LogP contribution in [-0.4, -0.2) is 16.0 Å². The second-order valence-electron chi connectivity index (χ2n) is 4.75. The van der Waals surface area contributed by atoms with E-state index in [4.69, 9.17) is 16.9 Å². The average Bonchev–Trinajstić information content (AvgIpc) is 2.47. The molecule has 0 saturated carbocycles. The molecule has 3 N–H and O–H groups in total. The Morgan fingerprint density at radius 2 is 2.18 bits per heavy atom. The molecule has 1 aromatic heterocycles. The summed E-state index contributed by atoms with van der Waals surface area (Å²) in [4.78, 5) is 26.3. The maximum Gasteiger partial charge on any atom is 0.260 e. The van der Waals surface area contributed by atoms with Gasteiger partial charge in [-0.3, -0.25) is 9.59 Å². The Balaban J connectivity index is 2.29. The lowest BCUT2D eigenvalue weighted by Crippen LogP contribution is -2.41. The largest absolute Gasteiger partial charge is 0.375 e. The fourth-order valence-electron chi connectivity index (χ4n) is 1.86. The maximum absolute atomic E-state index is 12.2. The van der Waals surface area contributed by atoms with E-state index in [-0.39, 0.29) is 16.1 Å². The van der Waals surface area contributed by atoms with E-state index in [2.05, 4.69) is 10.3 Å². The first kappa shape index (κ1) is 15.8. The molecule has 112 valence electrons. The summed E-state index contributed by atoms with van der Waals surface area (Å²) in [7, 11) is 0. The van der Waals surface area contributed by atoms with Crippen molar-refractivity contribution in [2.75, 3.05) is 5.32 Å². The zero-order chi connectivity index (χ0) is 16.3. The molecule has 1 amide bonds. The van der Waals surface area contributed by atoms with Gasteiger partial charge in [-0.25, -0.2) is 0 Å². The molecule has 7 heteroatoms. The number of anilines is 1. The number of rotatable bonds is 3. The highest BCUT2D eigenvalue weighted by Gasteiger charge is 2.34. The van der Waals surface area contributed by atoms with Gasteiger partial charge in [-0.2, -0.15) is 5.26 Å². The number of carbonyl (C=O) groups is 1. The van der Waals surface area contributed by atoms with Gasteiger partial charge in [0.2, 0.25) is 0 Å². The Labute approximate surface area is 131 Å². The van der Waals surface area contributed by atoms with Crippen LogP contribution in [0.3, 0.4) is 0 Å². The van der Waals surface area contributed by atoms with Crippen molar-refractivity contribution in [1.82, 2.24) is 4.98 Å². The van der Waals surface area contributed by atoms with E-state index in [9.17, 15) is 14.7 Å². The number of carbonyl (C=O) groups excluding carboxylic acids is 1. The van der Waals surface area contributed by atoms with Crippen molar-refractivity contribution in [3.05, 3.63) is 63.0 Å². The molecule has 1 atom stereocenters. The van der Waals surface area contributed by atoms with Gasteiger partial charge in [0.05, 0.1) is 16.1 Å². The van der Waals surface area contributed by atoms with E-state index in [1.807, 2.05) is 6.07 Å². The fraction of sp³-hybridized carbons (Fsp3) is 0.133. The van der Waals surface area contributed by atoms with E-state index in [1.54, 1.807) is 0 Å². The predicted octanol–water partition coefficient (Wildman–Crippen LogP) is 1.75. The summed E-state index contributed by atoms with van der Waals surface area (Å²) in [5, 5.41) is 21.8. The molecule has 0 saturated heterocycles. The Bertz CT molecular complexity index is 821. The summed E-state index contributed by atoms with van der Waals surface area (Å²) in [6.07, 6.45) is 1.40. The molecule has 0 fully saturated rings. The van der Waals surface area contributed by atoms with E-state index >= 15 is 0 Å². The highest BCUT2D eigenvalue weighted by molar-refractivity contribution is 6.32. The number of aromatic nitrogens is 1. The van der Waals surface area contributed by atoms with Crippen LogP contribution in [0.5, 0.6) is 0 Å². The number of hydrogen-bond donors (Lipinski definition) is 3. The Hall–Kier alpha value is -2.62. The smallest absolute Gasteiger partial charge is 0.260 e. The van der Waals surface area contributed by atoms with Crippen molar-refractivity contribution in [1.29, 1.82) is 5.26 Å². The molecule has 6 nitrogen and oxygen atoms in total. The molecule has 2 aromatic rings. The van der Waals surface area contributed by atoms with Gasteiger partial charge in [-0.15, -0.1) is 0 Å². The van der Waals surface area contributed by atoms with Crippen molar-refractivity contribution < 1.29 is 9.90 Å². The van der Waals surface area contributed by atoms with Crippen LogP contribution in [0.25, 0.3) is 0 Å². The van der Waals surface area contributed by atoms with Crippen molar-refractivity contribution in [2.45, 2.75) is 12.5 Å². The molecule has 1 unspecified atom stereocenters. The van der Waals surface area contributed by atoms with Crippen molar-refractivity contribution in [2.24, 2.45) is 0 Å². The Morgan fingerprint density at radius 3 is 2.77 bits per heavy atom. The summed E-state index contributed by atoms with van der Waals surface area (Å²) in [6, 6.07) is 9.09. The minimum absolute atomic E-state index is 0.0766. The highest BCUT2D eigenvalue weighted by Crippen LogP contribution is 2.23. The third kappa shape index (κ3) is 3.01. The Morgan fingerprint density at radius 1 is 1.45 bits per heavy atom. The molecule has 0 aliphatic carbocycles. The first-order valence-electron chi connectivity index (χ1n) is 6.28. The van der Waals surface area contributed by atoms with Crippen LogP contribution >= 0.6 is 11.6 Å². The summed E-state index contributed by atoms with van der Waals surface area (Å²) in [5.74, 6) is -0.787. The number of H-pyrrole nitrogens is 1. The number of halogens is 1. The van der Waals surface area contributed by atoms with Gasteiger partial charge in [0, 0.05) is 11.9 Å². The lowest BCUT2D eigenvalue weighted by atomic mass is 9.96. The van der Waals surface area contributed by atoms with Crippen LogP contribution in [-0.2, 0) is 10.4 Å². The van der Waals surface area contributed by atoms with Gasteiger partial charge in [0.25, 0.3) is 11.5 Å². The maximum atomic E-state index is 12.2. The van der Waals surface area contributed by atoms with Crippen LogP contribution < -0.4 is 10.9 Å². The number of amides is 1. The van der Waals surface area contributed by atoms with Gasteiger partial charge in [-0.05, 0) is 37.3 Å². The van der Waals surface area contributed by atoms with Crippen molar-refractivity contribution >= 4 is 23.2 Å². The van der Waals surface area contributed by atoms with Crippen LogP contribution in [0.2, 0.25) is 5.02 Å². The lowest BCUT2D eigenvalue weighted by Gasteiger charge is -2.21. The van der Waals surface area contributed by atoms with Crippen molar-refractivity contribution in [3.8, 4) is 6.07 Å². The summed E-state index contributed by atoms with van der Waals surface area (Å²) in [6.45, 7) is 1.22. The number of hydrogen-bond acceptors (Lipinski definition) is 4. The number of benzene rings is 1. The number of aromatic amines is 1. The molecule has 0 spiro atoms. The number of aliphatic hydroxyl groups is 1. The molecule has 0 aliphatic heterocycles. The third-order valence-electron chi connectivity index (χ3n) is 3.13. The van der Waals surface area contributed by atoms with Gasteiger partial charge < -0.3 is 15.4 Å². The zero-order valence-corrected chi connectivity index (χ0v) is 12.3. The minimum Gasteiger partial charge on any atom is -0.375 e. The number of nitriles is 1. The first-order chi connectivity index (χ1) is 10.4. The quantitative estimate of drug-likeness (QED) is 0.801. The van der Waals surface area contributed by atoms with Crippen LogP contribution in [0.1, 0.15) is 18.1 Å². The Kier molecular flexibility index (Phi) is 4.31. The molecule has 22 heavy (non-hydrogen) atoms. The zero-order valence-electron chi connectivity index (χ0n) is 11.6. The van der Waals surface area contributed by atoms with Gasteiger partial charge in [-0.1, -0.05) is 11.6 Å². The van der Waals surface area contributed by atoms with E-state index in [0.717, 1.165) is 0 Å². The molecular weight excluding hydrogens is 306 g/mol. The van der Waals surface area contributed by atoms with Crippen LogP contribution in [0.4, 0.5) is 5.69 Å². The normalized spacial score (nSPS) is 13.0. The highest BCUT2D eigenvalue weighted by atomic mass is 35.5. The van der Waals surface area contributed by atoms with Crippen molar-refractivity contribution in [3.63, 3.8) is 0 Å². The number of nitrogens with one attached hydrogen (secondary N) is 2. The minimum atomic E-state index is -2.02. The molecule has 2 rings (SSSR count). The molecule has 0 bridgehead atoms. The average molecular weight is 318 g/mol. The molecular formula is C15H12ClN3O3. The second-order valence-corrected chi connectivity index (χ2v) is 5.15. The third-order valence-corrected chi connectivity index (χ3v) is 3.44. The first-order valence-corrected chi connectivity index (χ1v) is 6.65. The molecule has 0 radical (unpaired) electrons. The summed E-state index contributed by atoms with van der Waals surface area (Å²) in [5.41, 5.74) is -2.07. The van der Waals surface area contributed by atoms with Gasteiger partial charge >= 0.3 is 0 Å². The topological polar surface area (TPSA) is 106 Å². The van der Waals surface area contributed by atoms with Crippen LogP contribution in [0, 0.1) is 11.3 Å². The van der Waals surface area contributed by atoms with E-state index in [1.165, 1.54) is 43.5 Å². The van der Waals surface area contributed by atoms with Gasteiger partial charge in [0.15, 0.2) is 5.60 Å². The molecule has 1 aromatic carbocycles. The lowest BCUT2D eigenvalue weighted by molar-refractivity contribution is -0.133. The predicted molar refractivity (Wildman–Crippen MR) is 81.4 cm³/mol. The summed E-state index contributed by atoms with van der Waals surface area (Å²) >= 11 is 5.88. The summed E-state index contributed by atoms with van der Waals surface area (Å²) < 4.78 is 0.